The SMILES string of the molecule is C=C(C)NC(=O)CC1CC(F)(F)C1(C)F. The molecule has 0 saturated heterocycles. The number of carbonyl (C=O) groups excluding carboxylic acids is 1. The lowest BCUT2D eigenvalue weighted by molar-refractivity contribution is -0.242. The van der Waals surface area contributed by atoms with E-state index in [1.165, 1.54) is 0 Å². The van der Waals surface area contributed by atoms with Crippen LogP contribution in [0.1, 0.15) is 26.7 Å². The minimum Gasteiger partial charge on any atom is -0.331 e. The Hall–Kier alpha value is -1.00. The van der Waals surface area contributed by atoms with E-state index in [9.17, 15) is 18.0 Å². The number of allylic oxidation sites excluding steroid dienone is 1. The second-order valence-corrected chi connectivity index (χ2v) is 4.21. The Labute approximate surface area is 86.5 Å². The van der Waals surface area contributed by atoms with E-state index < -0.39 is 29.8 Å². The van der Waals surface area contributed by atoms with Crippen molar-refractivity contribution >= 4 is 5.91 Å². The third-order valence-corrected chi connectivity index (χ3v) is 2.77. The van der Waals surface area contributed by atoms with Gasteiger partial charge in [-0.25, -0.2) is 13.2 Å². The Balaban J connectivity index is 2.50. The summed E-state index contributed by atoms with van der Waals surface area (Å²) in [7, 11) is 0. The molecule has 0 aromatic carbocycles. The average Bonchev–Trinajstić information content (AvgIpc) is 2.01. The van der Waals surface area contributed by atoms with Crippen LogP contribution in [-0.2, 0) is 4.79 Å². The van der Waals surface area contributed by atoms with Gasteiger partial charge in [0, 0.05) is 24.5 Å². The zero-order valence-electron chi connectivity index (χ0n) is 8.74. The van der Waals surface area contributed by atoms with Crippen molar-refractivity contribution in [2.24, 2.45) is 5.92 Å². The molecule has 0 spiro atoms. The number of hydrogen-bond acceptors (Lipinski definition) is 1. The summed E-state index contributed by atoms with van der Waals surface area (Å²) in [5.74, 6) is -4.68. The molecule has 1 fully saturated rings. The van der Waals surface area contributed by atoms with Gasteiger partial charge in [-0.1, -0.05) is 6.58 Å². The maximum absolute atomic E-state index is 13.4. The Morgan fingerprint density at radius 3 is 2.40 bits per heavy atom. The highest BCUT2D eigenvalue weighted by molar-refractivity contribution is 5.78. The fraction of sp³-hybridized carbons (Fsp3) is 0.700. The molecule has 2 unspecified atom stereocenters. The van der Waals surface area contributed by atoms with Gasteiger partial charge in [-0.05, 0) is 13.8 Å². The van der Waals surface area contributed by atoms with E-state index in [1.54, 1.807) is 6.92 Å². The fourth-order valence-corrected chi connectivity index (χ4v) is 1.64. The highest BCUT2D eigenvalue weighted by Crippen LogP contribution is 2.55. The lowest BCUT2D eigenvalue weighted by Gasteiger charge is -2.47. The van der Waals surface area contributed by atoms with Crippen LogP contribution in [0.4, 0.5) is 13.2 Å². The van der Waals surface area contributed by atoms with Gasteiger partial charge in [-0.3, -0.25) is 4.79 Å². The molecule has 1 saturated carbocycles. The third-order valence-electron chi connectivity index (χ3n) is 2.77. The summed E-state index contributed by atoms with van der Waals surface area (Å²) < 4.78 is 38.9. The molecule has 2 atom stereocenters. The van der Waals surface area contributed by atoms with Gasteiger partial charge in [0.05, 0.1) is 0 Å². The second kappa shape index (κ2) is 3.54. The van der Waals surface area contributed by atoms with Crippen LogP contribution in [-0.4, -0.2) is 17.5 Å². The lowest BCUT2D eigenvalue weighted by Crippen LogP contribution is -2.60. The molecule has 0 heterocycles. The molecule has 0 bridgehead atoms. The maximum Gasteiger partial charge on any atom is 0.281 e. The zero-order chi connectivity index (χ0) is 11.9. The van der Waals surface area contributed by atoms with E-state index in [1.807, 2.05) is 0 Å². The van der Waals surface area contributed by atoms with Crippen molar-refractivity contribution in [2.45, 2.75) is 38.3 Å². The first-order valence-corrected chi connectivity index (χ1v) is 4.69. The summed E-state index contributed by atoms with van der Waals surface area (Å²) in [4.78, 5) is 11.2. The number of nitrogens with one attached hydrogen (secondary N) is 1. The molecule has 1 aliphatic carbocycles. The molecule has 2 nitrogen and oxygen atoms in total. The summed E-state index contributed by atoms with van der Waals surface area (Å²) in [6.45, 7) is 5.85. The highest BCUT2D eigenvalue weighted by atomic mass is 19.3. The van der Waals surface area contributed by atoms with Gasteiger partial charge in [0.15, 0.2) is 5.67 Å². The minimum atomic E-state index is -3.30. The summed E-state index contributed by atoms with van der Waals surface area (Å²) in [6.07, 6.45) is -0.793. The van der Waals surface area contributed by atoms with Gasteiger partial charge in [-0.2, -0.15) is 0 Å². The molecule has 1 N–H and O–H groups in total. The molecule has 0 radical (unpaired) electrons. The van der Waals surface area contributed by atoms with E-state index in [2.05, 4.69) is 11.9 Å². The van der Waals surface area contributed by atoms with Crippen LogP contribution in [0.3, 0.4) is 0 Å². The molecule has 5 heteroatoms. The Morgan fingerprint density at radius 2 is 2.07 bits per heavy atom. The predicted octanol–water partition coefficient (Wildman–Crippen LogP) is 2.41. The molecule has 86 valence electrons. The first-order valence-electron chi connectivity index (χ1n) is 4.69. The number of hydrogen-bond donors (Lipinski definition) is 1. The fourth-order valence-electron chi connectivity index (χ4n) is 1.64. The normalized spacial score (nSPS) is 33.0. The van der Waals surface area contributed by atoms with Crippen molar-refractivity contribution in [3.63, 3.8) is 0 Å². The van der Waals surface area contributed by atoms with E-state index in [0.717, 1.165) is 6.92 Å². The van der Waals surface area contributed by atoms with Crippen LogP contribution < -0.4 is 5.32 Å². The Bertz CT molecular complexity index is 299. The van der Waals surface area contributed by atoms with Crippen LogP contribution in [0.2, 0.25) is 0 Å². The molecule has 1 aliphatic rings. The standard InChI is InChI=1S/C10H14F3NO/c1-6(2)14-8(15)4-7-5-10(12,13)9(7,3)11/h7H,1,4-5H2,2-3H3,(H,14,15). The number of carbonyl (C=O) groups is 1. The Kier molecular flexibility index (Phi) is 2.85. The third kappa shape index (κ3) is 2.16. The van der Waals surface area contributed by atoms with Crippen LogP contribution in [0, 0.1) is 5.92 Å². The smallest absolute Gasteiger partial charge is 0.281 e. The first kappa shape index (κ1) is 12.1. The highest BCUT2D eigenvalue weighted by Gasteiger charge is 2.66. The van der Waals surface area contributed by atoms with Crippen molar-refractivity contribution in [1.82, 2.24) is 5.32 Å². The van der Waals surface area contributed by atoms with Crippen molar-refractivity contribution in [2.75, 3.05) is 0 Å². The van der Waals surface area contributed by atoms with E-state index in [-0.39, 0.29) is 6.42 Å². The summed E-state index contributed by atoms with van der Waals surface area (Å²) in [5, 5.41) is 2.36. The molecule has 0 aliphatic heterocycles. The number of rotatable bonds is 3. The largest absolute Gasteiger partial charge is 0.331 e. The lowest BCUT2D eigenvalue weighted by atomic mass is 9.67. The predicted molar refractivity (Wildman–Crippen MR) is 50.1 cm³/mol. The monoisotopic (exact) mass is 221 g/mol. The summed E-state index contributed by atoms with van der Waals surface area (Å²) in [5.41, 5.74) is -2.15. The molecule has 1 amide bonds. The number of halogens is 3. The van der Waals surface area contributed by atoms with Gasteiger partial charge < -0.3 is 5.32 Å². The minimum absolute atomic E-state index is 0.227. The topological polar surface area (TPSA) is 29.1 Å². The van der Waals surface area contributed by atoms with Gasteiger partial charge in [-0.15, -0.1) is 0 Å². The molecular weight excluding hydrogens is 207 g/mol. The van der Waals surface area contributed by atoms with Crippen LogP contribution in [0.25, 0.3) is 0 Å². The molecule has 1 rings (SSSR count). The van der Waals surface area contributed by atoms with Crippen molar-refractivity contribution in [1.29, 1.82) is 0 Å². The van der Waals surface area contributed by atoms with E-state index in [0.29, 0.717) is 5.70 Å². The number of alkyl halides is 3. The van der Waals surface area contributed by atoms with Crippen LogP contribution in [0.15, 0.2) is 12.3 Å². The summed E-state index contributed by atoms with van der Waals surface area (Å²) >= 11 is 0. The van der Waals surface area contributed by atoms with Crippen LogP contribution in [0.5, 0.6) is 0 Å². The molecule has 0 aromatic rings. The van der Waals surface area contributed by atoms with E-state index >= 15 is 0 Å². The van der Waals surface area contributed by atoms with Crippen molar-refractivity contribution < 1.29 is 18.0 Å². The average molecular weight is 221 g/mol. The van der Waals surface area contributed by atoms with Gasteiger partial charge in [0.1, 0.15) is 0 Å². The molecule has 0 aromatic heterocycles. The first-order chi connectivity index (χ1) is 6.67. The zero-order valence-corrected chi connectivity index (χ0v) is 8.74. The van der Waals surface area contributed by atoms with Gasteiger partial charge in [0.25, 0.3) is 5.92 Å². The molecule has 15 heavy (non-hydrogen) atoms. The Morgan fingerprint density at radius 1 is 1.53 bits per heavy atom. The summed E-state index contributed by atoms with van der Waals surface area (Å²) in [6, 6.07) is 0. The second-order valence-electron chi connectivity index (χ2n) is 4.21. The van der Waals surface area contributed by atoms with Crippen LogP contribution >= 0.6 is 0 Å². The van der Waals surface area contributed by atoms with E-state index in [4.69, 9.17) is 0 Å². The van der Waals surface area contributed by atoms with Gasteiger partial charge >= 0.3 is 0 Å². The van der Waals surface area contributed by atoms with Gasteiger partial charge in [0.2, 0.25) is 5.91 Å². The quantitative estimate of drug-likeness (QED) is 0.779. The van der Waals surface area contributed by atoms with Crippen molar-refractivity contribution in [3.8, 4) is 0 Å². The van der Waals surface area contributed by atoms with Crippen molar-refractivity contribution in [3.05, 3.63) is 12.3 Å². The molecular formula is C10H14F3NO. The maximum atomic E-state index is 13.4. The number of amides is 1.